The largest absolute Gasteiger partial charge is 0.461 e. The minimum absolute atomic E-state index is 0.0208. The summed E-state index contributed by atoms with van der Waals surface area (Å²) in [7, 11) is 0. The van der Waals surface area contributed by atoms with Crippen molar-refractivity contribution < 1.29 is 27.2 Å². The molecule has 4 N–H and O–H groups in total. The zero-order chi connectivity index (χ0) is 20.9. The molecule has 1 aromatic carbocycles. The molecule has 2 heterocycles. The van der Waals surface area contributed by atoms with Crippen LogP contribution < -0.4 is 11.5 Å². The molecule has 9 heteroatoms. The van der Waals surface area contributed by atoms with E-state index in [0.717, 1.165) is 12.1 Å². The smallest absolute Gasteiger partial charge is 0.416 e. The first-order valence-electron chi connectivity index (χ1n) is 8.29. The van der Waals surface area contributed by atoms with Crippen molar-refractivity contribution in [2.45, 2.75) is 26.6 Å². The molecule has 0 radical (unpaired) electrons. The number of carbonyl (C=O) groups excluding carboxylic acids is 2. The van der Waals surface area contributed by atoms with Crippen molar-refractivity contribution in [3.8, 4) is 0 Å². The number of furan rings is 1. The second kappa shape index (κ2) is 6.43. The second-order valence-corrected chi connectivity index (χ2v) is 7.18. The summed E-state index contributed by atoms with van der Waals surface area (Å²) in [6, 6.07) is 4.65. The number of aromatic nitrogens is 1. The fourth-order valence-electron chi connectivity index (χ4n) is 2.97. The van der Waals surface area contributed by atoms with Crippen molar-refractivity contribution in [1.29, 1.82) is 0 Å². The van der Waals surface area contributed by atoms with Crippen LogP contribution in [0.2, 0.25) is 0 Å². The molecule has 0 aliphatic rings. The molecule has 6 nitrogen and oxygen atoms in total. The second-order valence-electron chi connectivity index (χ2n) is 7.18. The molecule has 1 amide bonds. The van der Waals surface area contributed by atoms with Crippen LogP contribution in [0.1, 0.15) is 35.5 Å². The summed E-state index contributed by atoms with van der Waals surface area (Å²) in [4.78, 5) is 24.5. The van der Waals surface area contributed by atoms with Gasteiger partial charge in [-0.1, -0.05) is 0 Å². The minimum atomic E-state index is -4.62. The molecule has 0 saturated heterocycles. The lowest BCUT2D eigenvalue weighted by molar-refractivity contribution is -0.137. The normalized spacial score (nSPS) is 12.5. The lowest BCUT2D eigenvalue weighted by atomic mass is 9.92. The van der Waals surface area contributed by atoms with E-state index in [9.17, 15) is 22.8 Å². The molecule has 0 spiro atoms. The maximum atomic E-state index is 13.3. The van der Waals surface area contributed by atoms with Crippen molar-refractivity contribution in [1.82, 2.24) is 4.57 Å². The topological polar surface area (TPSA) is 104 Å². The van der Waals surface area contributed by atoms with Gasteiger partial charge in [-0.25, -0.2) is 0 Å². The van der Waals surface area contributed by atoms with Crippen molar-refractivity contribution in [3.63, 3.8) is 0 Å². The fraction of sp³-hybridized carbons (Fsp3) is 0.263. The molecule has 0 atom stereocenters. The number of fused-ring (bicyclic) bond motifs is 1. The highest BCUT2D eigenvalue weighted by atomic mass is 19.4. The summed E-state index contributed by atoms with van der Waals surface area (Å²) >= 11 is 0. The summed E-state index contributed by atoms with van der Waals surface area (Å²) in [6.07, 6.45) is -1.94. The maximum absolute atomic E-state index is 13.3. The van der Waals surface area contributed by atoms with E-state index >= 15 is 0 Å². The third-order valence-electron chi connectivity index (χ3n) is 4.56. The standard InChI is InChI=1S/C19H18F3N3O3/c1-18(2,17(24)27)9-25-8-11(16(26)14-4-3-5-28-14)15-12(23)6-10(7-13(15)25)19(20,21)22/h3-8H,9,23H2,1-2H3,(H2,24,27). The van der Waals surface area contributed by atoms with Crippen LogP contribution in [0.25, 0.3) is 10.9 Å². The molecule has 2 aromatic heterocycles. The number of nitrogen functional groups attached to an aromatic ring is 1. The number of rotatable bonds is 5. The highest BCUT2D eigenvalue weighted by Crippen LogP contribution is 2.37. The summed E-state index contributed by atoms with van der Waals surface area (Å²) in [5.41, 5.74) is 9.23. The van der Waals surface area contributed by atoms with Crippen LogP contribution in [0.5, 0.6) is 0 Å². The van der Waals surface area contributed by atoms with Gasteiger partial charge in [0.25, 0.3) is 0 Å². The molecule has 0 aliphatic carbocycles. The molecule has 3 rings (SSSR count). The van der Waals surface area contributed by atoms with Gasteiger partial charge in [0.05, 0.1) is 28.3 Å². The Bertz CT molecular complexity index is 1060. The summed E-state index contributed by atoms with van der Waals surface area (Å²) in [5, 5.41) is 0.162. The summed E-state index contributed by atoms with van der Waals surface area (Å²) in [5.74, 6) is -1.14. The number of amides is 1. The number of halogens is 3. The third kappa shape index (κ3) is 3.35. The molecule has 148 valence electrons. The number of alkyl halides is 3. The van der Waals surface area contributed by atoms with Crippen LogP contribution in [-0.4, -0.2) is 16.3 Å². The first-order chi connectivity index (χ1) is 12.9. The van der Waals surface area contributed by atoms with E-state index in [4.69, 9.17) is 15.9 Å². The van der Waals surface area contributed by atoms with Gasteiger partial charge in [0.15, 0.2) is 5.76 Å². The Hall–Kier alpha value is -3.23. The molecule has 3 aromatic rings. The van der Waals surface area contributed by atoms with Crippen molar-refractivity contribution in [2.24, 2.45) is 11.1 Å². The quantitative estimate of drug-likeness (QED) is 0.511. The van der Waals surface area contributed by atoms with Crippen LogP contribution in [-0.2, 0) is 17.5 Å². The van der Waals surface area contributed by atoms with Crippen molar-refractivity contribution >= 4 is 28.3 Å². The molecular formula is C19H18F3N3O3. The highest BCUT2D eigenvalue weighted by molar-refractivity contribution is 6.18. The fourth-order valence-corrected chi connectivity index (χ4v) is 2.97. The van der Waals surface area contributed by atoms with E-state index < -0.39 is 28.8 Å². The minimum Gasteiger partial charge on any atom is -0.461 e. The summed E-state index contributed by atoms with van der Waals surface area (Å²) < 4.78 is 46.3. The Labute approximate surface area is 157 Å². The van der Waals surface area contributed by atoms with E-state index in [1.54, 1.807) is 13.8 Å². The average molecular weight is 393 g/mol. The predicted molar refractivity (Wildman–Crippen MR) is 96.5 cm³/mol. The van der Waals surface area contributed by atoms with Gasteiger partial charge in [0.2, 0.25) is 11.7 Å². The average Bonchev–Trinajstić information content (AvgIpc) is 3.21. The van der Waals surface area contributed by atoms with Crippen LogP contribution in [0.3, 0.4) is 0 Å². The van der Waals surface area contributed by atoms with Crippen LogP contribution in [0.15, 0.2) is 41.1 Å². The molecule has 0 fully saturated rings. The third-order valence-corrected chi connectivity index (χ3v) is 4.56. The van der Waals surface area contributed by atoms with Crippen LogP contribution in [0.4, 0.5) is 18.9 Å². The van der Waals surface area contributed by atoms with Gasteiger partial charge in [0, 0.05) is 23.8 Å². The molecule has 28 heavy (non-hydrogen) atoms. The van der Waals surface area contributed by atoms with E-state index in [2.05, 4.69) is 0 Å². The van der Waals surface area contributed by atoms with Gasteiger partial charge >= 0.3 is 6.18 Å². The van der Waals surface area contributed by atoms with E-state index in [1.807, 2.05) is 0 Å². The molecule has 0 unspecified atom stereocenters. The van der Waals surface area contributed by atoms with Crippen LogP contribution in [0, 0.1) is 5.41 Å². The zero-order valence-corrected chi connectivity index (χ0v) is 15.1. The maximum Gasteiger partial charge on any atom is 0.416 e. The highest BCUT2D eigenvalue weighted by Gasteiger charge is 2.34. The Morgan fingerprint density at radius 3 is 2.43 bits per heavy atom. The Kier molecular flexibility index (Phi) is 4.49. The SMILES string of the molecule is CC(C)(Cn1cc(C(=O)c2ccco2)c2c(N)cc(C(F)(F)F)cc21)C(N)=O. The number of nitrogens with two attached hydrogens (primary N) is 2. The summed E-state index contributed by atoms with van der Waals surface area (Å²) in [6.45, 7) is 3.09. The molecule has 0 aliphatic heterocycles. The van der Waals surface area contributed by atoms with E-state index in [1.165, 1.54) is 29.2 Å². The van der Waals surface area contributed by atoms with E-state index in [0.29, 0.717) is 0 Å². The number of ketones is 1. The lowest BCUT2D eigenvalue weighted by Gasteiger charge is -2.22. The Morgan fingerprint density at radius 1 is 1.21 bits per heavy atom. The number of hydrogen-bond acceptors (Lipinski definition) is 4. The first-order valence-corrected chi connectivity index (χ1v) is 8.29. The van der Waals surface area contributed by atoms with Gasteiger partial charge < -0.3 is 20.5 Å². The zero-order valence-electron chi connectivity index (χ0n) is 15.1. The number of primary amides is 1. The van der Waals surface area contributed by atoms with Gasteiger partial charge in [-0.2, -0.15) is 13.2 Å². The van der Waals surface area contributed by atoms with Crippen molar-refractivity contribution in [3.05, 3.63) is 53.6 Å². The van der Waals surface area contributed by atoms with Crippen molar-refractivity contribution in [2.75, 3.05) is 5.73 Å². The predicted octanol–water partition coefficient (Wildman–Crippen LogP) is 3.58. The number of hydrogen-bond donors (Lipinski definition) is 2. The Balaban J connectivity index is 2.27. The van der Waals surface area contributed by atoms with Gasteiger partial charge in [-0.3, -0.25) is 9.59 Å². The molecule has 0 saturated carbocycles. The van der Waals surface area contributed by atoms with Crippen LogP contribution >= 0.6 is 0 Å². The first kappa shape index (κ1) is 19.5. The van der Waals surface area contributed by atoms with E-state index in [-0.39, 0.29) is 34.5 Å². The lowest BCUT2D eigenvalue weighted by Crippen LogP contribution is -2.35. The van der Waals surface area contributed by atoms with Gasteiger partial charge in [0.1, 0.15) is 0 Å². The number of nitrogens with zero attached hydrogens (tertiary/aromatic N) is 1. The number of anilines is 1. The van der Waals surface area contributed by atoms with Gasteiger partial charge in [-0.05, 0) is 38.1 Å². The Morgan fingerprint density at radius 2 is 1.89 bits per heavy atom. The number of carbonyl (C=O) groups is 2. The molecular weight excluding hydrogens is 375 g/mol. The monoisotopic (exact) mass is 393 g/mol. The molecule has 0 bridgehead atoms. The van der Waals surface area contributed by atoms with Gasteiger partial charge in [-0.15, -0.1) is 0 Å². The number of benzene rings is 1.